The van der Waals surface area contributed by atoms with Crippen LogP contribution in [0.25, 0.3) is 11.1 Å². The summed E-state index contributed by atoms with van der Waals surface area (Å²) in [5.41, 5.74) is 6.88. The highest BCUT2D eigenvalue weighted by molar-refractivity contribution is 9.10. The first-order valence-corrected chi connectivity index (χ1v) is 6.37. The van der Waals surface area contributed by atoms with Gasteiger partial charge >= 0.3 is 5.76 Å². The molecular weight excluding hydrogens is 331 g/mol. The van der Waals surface area contributed by atoms with Crippen molar-refractivity contribution >= 4 is 32.7 Å². The highest BCUT2D eigenvalue weighted by Gasteiger charge is 2.09. The number of fused-ring (bicyclic) bond motifs is 1. The van der Waals surface area contributed by atoms with E-state index in [9.17, 15) is 9.18 Å². The van der Waals surface area contributed by atoms with Crippen LogP contribution in [-0.2, 0) is 0 Å². The normalized spacial score (nSPS) is 10.9. The molecule has 0 aliphatic rings. The van der Waals surface area contributed by atoms with Gasteiger partial charge in [0.15, 0.2) is 11.3 Å². The molecule has 20 heavy (non-hydrogen) atoms. The second-order valence-electron chi connectivity index (χ2n) is 4.11. The molecule has 0 fully saturated rings. The van der Waals surface area contributed by atoms with Crippen LogP contribution in [0, 0.1) is 5.82 Å². The lowest BCUT2D eigenvalue weighted by Crippen LogP contribution is -1.94. The van der Waals surface area contributed by atoms with Crippen LogP contribution >= 0.6 is 15.9 Å². The Bertz CT molecular complexity index is 836. The van der Waals surface area contributed by atoms with Crippen molar-refractivity contribution in [2.75, 3.05) is 5.73 Å². The van der Waals surface area contributed by atoms with Gasteiger partial charge in [0.05, 0.1) is 11.2 Å². The van der Waals surface area contributed by atoms with Gasteiger partial charge < -0.3 is 14.9 Å². The van der Waals surface area contributed by atoms with Gasteiger partial charge in [0.1, 0.15) is 11.6 Å². The number of nitrogen functional groups attached to an aromatic ring is 1. The first-order chi connectivity index (χ1) is 9.51. The predicted molar refractivity (Wildman–Crippen MR) is 75.4 cm³/mol. The van der Waals surface area contributed by atoms with Crippen molar-refractivity contribution in [3.05, 3.63) is 51.2 Å². The minimum atomic E-state index is -0.579. The zero-order valence-electron chi connectivity index (χ0n) is 9.94. The smallest absolute Gasteiger partial charge is 0.417 e. The van der Waals surface area contributed by atoms with Gasteiger partial charge in [-0.15, -0.1) is 0 Å². The fourth-order valence-corrected chi connectivity index (χ4v) is 2.24. The van der Waals surface area contributed by atoms with Gasteiger partial charge in [-0.2, -0.15) is 0 Å². The van der Waals surface area contributed by atoms with Gasteiger partial charge in [0.2, 0.25) is 0 Å². The summed E-state index contributed by atoms with van der Waals surface area (Å²) in [6, 6.07) is 7.13. The third-order valence-electron chi connectivity index (χ3n) is 2.62. The first-order valence-electron chi connectivity index (χ1n) is 5.57. The number of aromatic nitrogens is 1. The maximum Gasteiger partial charge on any atom is 0.417 e. The molecule has 0 aliphatic carbocycles. The second-order valence-corrected chi connectivity index (χ2v) is 5.02. The standard InChI is InChI=1S/C13H8BrFN2O3/c14-6-1-7(15)3-8(2-6)19-11-5-10-12(4-9(11)16)20-13(18)17-10/h1-5H,16H2,(H,17,18). The highest BCUT2D eigenvalue weighted by Crippen LogP contribution is 2.32. The molecule has 5 nitrogen and oxygen atoms in total. The van der Waals surface area contributed by atoms with Crippen LogP contribution in [0.3, 0.4) is 0 Å². The van der Waals surface area contributed by atoms with Crippen molar-refractivity contribution < 1.29 is 13.5 Å². The van der Waals surface area contributed by atoms with Crippen molar-refractivity contribution in [2.24, 2.45) is 0 Å². The molecule has 3 aromatic rings. The minimum absolute atomic E-state index is 0.278. The molecule has 0 radical (unpaired) electrons. The van der Waals surface area contributed by atoms with Crippen LogP contribution in [0.2, 0.25) is 0 Å². The number of rotatable bonds is 2. The summed E-state index contributed by atoms with van der Waals surface area (Å²) in [4.78, 5) is 13.6. The maximum absolute atomic E-state index is 13.3. The Labute approximate surface area is 120 Å². The molecule has 3 rings (SSSR count). The minimum Gasteiger partial charge on any atom is -0.455 e. The van der Waals surface area contributed by atoms with E-state index in [4.69, 9.17) is 14.9 Å². The van der Waals surface area contributed by atoms with Crippen LogP contribution in [-0.4, -0.2) is 4.98 Å². The number of H-pyrrole nitrogens is 1. The third-order valence-corrected chi connectivity index (χ3v) is 3.07. The van der Waals surface area contributed by atoms with Crippen molar-refractivity contribution in [3.8, 4) is 11.5 Å². The fourth-order valence-electron chi connectivity index (χ4n) is 1.80. The summed E-state index contributed by atoms with van der Waals surface area (Å²) in [6.07, 6.45) is 0. The number of aromatic amines is 1. The van der Waals surface area contributed by atoms with E-state index in [-0.39, 0.29) is 11.4 Å². The number of hydrogen-bond donors (Lipinski definition) is 2. The third kappa shape index (κ3) is 2.39. The van der Waals surface area contributed by atoms with E-state index < -0.39 is 11.6 Å². The van der Waals surface area contributed by atoms with Gasteiger partial charge in [-0.3, -0.25) is 4.98 Å². The molecule has 0 spiro atoms. The molecule has 0 aliphatic heterocycles. The number of oxazole rings is 1. The summed E-state index contributed by atoms with van der Waals surface area (Å²) < 4.78 is 24.2. The maximum atomic E-state index is 13.3. The van der Waals surface area contributed by atoms with Crippen molar-refractivity contribution in [2.45, 2.75) is 0 Å². The number of nitrogens with one attached hydrogen (secondary N) is 1. The lowest BCUT2D eigenvalue weighted by Gasteiger charge is -2.08. The Kier molecular flexibility index (Phi) is 2.98. The molecule has 2 aromatic carbocycles. The molecule has 102 valence electrons. The van der Waals surface area contributed by atoms with Crippen LogP contribution in [0.5, 0.6) is 11.5 Å². The van der Waals surface area contributed by atoms with E-state index >= 15 is 0 Å². The molecule has 0 unspecified atom stereocenters. The van der Waals surface area contributed by atoms with E-state index in [2.05, 4.69) is 20.9 Å². The monoisotopic (exact) mass is 338 g/mol. The van der Waals surface area contributed by atoms with Crippen LogP contribution in [0.15, 0.2) is 44.0 Å². The number of halogens is 2. The largest absolute Gasteiger partial charge is 0.455 e. The quantitative estimate of drug-likeness (QED) is 0.701. The topological polar surface area (TPSA) is 81.2 Å². The van der Waals surface area contributed by atoms with Crippen LogP contribution < -0.4 is 16.2 Å². The Morgan fingerprint density at radius 2 is 2.05 bits per heavy atom. The van der Waals surface area contributed by atoms with Gasteiger partial charge in [-0.25, -0.2) is 9.18 Å². The summed E-state index contributed by atoms with van der Waals surface area (Å²) in [5, 5.41) is 0. The molecule has 0 atom stereocenters. The molecule has 0 bridgehead atoms. The van der Waals surface area contributed by atoms with Crippen molar-refractivity contribution in [3.63, 3.8) is 0 Å². The summed E-state index contributed by atoms with van der Waals surface area (Å²) >= 11 is 3.17. The molecule has 7 heteroatoms. The zero-order chi connectivity index (χ0) is 14.3. The predicted octanol–water partition coefficient (Wildman–Crippen LogP) is 3.40. The Hall–Kier alpha value is -2.28. The van der Waals surface area contributed by atoms with Crippen LogP contribution in [0.1, 0.15) is 0 Å². The molecule has 3 N–H and O–H groups in total. The number of hydrogen-bond acceptors (Lipinski definition) is 4. The summed E-state index contributed by atoms with van der Waals surface area (Å²) in [7, 11) is 0. The molecule has 0 saturated heterocycles. The number of anilines is 1. The highest BCUT2D eigenvalue weighted by atomic mass is 79.9. The van der Waals surface area contributed by atoms with Crippen LogP contribution in [0.4, 0.5) is 10.1 Å². The number of nitrogens with two attached hydrogens (primary N) is 1. The lowest BCUT2D eigenvalue weighted by atomic mass is 10.2. The second kappa shape index (κ2) is 4.68. The van der Waals surface area contributed by atoms with Gasteiger partial charge in [-0.05, 0) is 12.1 Å². The molecule has 0 amide bonds. The fraction of sp³-hybridized carbons (Fsp3) is 0. The van der Waals surface area contributed by atoms with Crippen molar-refractivity contribution in [1.82, 2.24) is 4.98 Å². The average molecular weight is 339 g/mol. The van der Waals surface area contributed by atoms with E-state index in [0.29, 0.717) is 21.3 Å². The first kappa shape index (κ1) is 12.7. The average Bonchev–Trinajstić information content (AvgIpc) is 2.67. The molecule has 0 saturated carbocycles. The molecule has 1 heterocycles. The molecule has 1 aromatic heterocycles. The Morgan fingerprint density at radius 1 is 1.25 bits per heavy atom. The lowest BCUT2D eigenvalue weighted by molar-refractivity contribution is 0.479. The van der Waals surface area contributed by atoms with Gasteiger partial charge in [0, 0.05) is 22.7 Å². The van der Waals surface area contributed by atoms with Gasteiger partial charge in [0.25, 0.3) is 0 Å². The van der Waals surface area contributed by atoms with Gasteiger partial charge in [-0.1, -0.05) is 15.9 Å². The Morgan fingerprint density at radius 3 is 2.80 bits per heavy atom. The summed E-state index contributed by atoms with van der Waals surface area (Å²) in [5.74, 6) is -0.434. The SMILES string of the molecule is Nc1cc2oc(=O)[nH]c2cc1Oc1cc(F)cc(Br)c1. The Balaban J connectivity index is 2.05. The van der Waals surface area contributed by atoms with E-state index in [1.807, 2.05) is 0 Å². The number of ether oxygens (including phenoxy) is 1. The van der Waals surface area contributed by atoms with E-state index in [0.717, 1.165) is 0 Å². The van der Waals surface area contributed by atoms with Crippen molar-refractivity contribution in [1.29, 1.82) is 0 Å². The van der Waals surface area contributed by atoms with E-state index in [1.165, 1.54) is 24.3 Å². The summed E-state index contributed by atoms with van der Waals surface area (Å²) in [6.45, 7) is 0. The van der Waals surface area contributed by atoms with E-state index in [1.54, 1.807) is 6.07 Å². The molecular formula is C13H8BrFN2O3. The number of benzene rings is 2. The zero-order valence-corrected chi connectivity index (χ0v) is 11.5.